The lowest BCUT2D eigenvalue weighted by atomic mass is 9.35. The highest BCUT2D eigenvalue weighted by Crippen LogP contribution is 2.75. The summed E-state index contributed by atoms with van der Waals surface area (Å²) in [6, 6.07) is 0. The van der Waals surface area contributed by atoms with Crippen LogP contribution >= 0.6 is 0 Å². The lowest BCUT2D eigenvalue weighted by Gasteiger charge is -2.70. The number of hydrogen-bond acceptors (Lipinski definition) is 4. The van der Waals surface area contributed by atoms with Crippen LogP contribution in [0.5, 0.6) is 0 Å². The molecule has 0 amide bonds. The maximum absolute atomic E-state index is 11.9. The van der Waals surface area contributed by atoms with Crippen LogP contribution in [0.2, 0.25) is 0 Å². The zero-order chi connectivity index (χ0) is 26.2. The topological polar surface area (TPSA) is 69.9 Å². The molecule has 0 bridgehead atoms. The van der Waals surface area contributed by atoms with Gasteiger partial charge in [-0.3, -0.25) is 0 Å². The fourth-order valence-corrected chi connectivity index (χ4v) is 10.7. The zero-order valence-electron chi connectivity index (χ0n) is 24.3. The Kier molecular flexibility index (Phi) is 6.91. The lowest BCUT2D eigenvalue weighted by molar-refractivity contribution is -0.247. The van der Waals surface area contributed by atoms with Crippen molar-refractivity contribution in [1.29, 1.82) is 0 Å². The fourth-order valence-electron chi connectivity index (χ4n) is 10.7. The molecule has 0 aromatic carbocycles. The van der Waals surface area contributed by atoms with E-state index < -0.39 is 5.60 Å². The molecule has 0 aromatic rings. The second kappa shape index (κ2) is 8.68. The van der Waals surface area contributed by atoms with Crippen molar-refractivity contribution in [2.45, 2.75) is 143 Å². The van der Waals surface area contributed by atoms with Gasteiger partial charge < -0.3 is 20.1 Å². The van der Waals surface area contributed by atoms with E-state index in [1.807, 2.05) is 21.0 Å². The number of fused-ring (bicyclic) bond motifs is 5. The molecule has 4 saturated carbocycles. The van der Waals surface area contributed by atoms with Crippen molar-refractivity contribution < 1.29 is 20.1 Å². The van der Waals surface area contributed by atoms with Crippen LogP contribution in [0.1, 0.15) is 120 Å². The van der Waals surface area contributed by atoms with E-state index in [9.17, 15) is 15.3 Å². The van der Waals surface area contributed by atoms with Crippen molar-refractivity contribution >= 4 is 0 Å². The van der Waals surface area contributed by atoms with Crippen LogP contribution < -0.4 is 0 Å². The van der Waals surface area contributed by atoms with Crippen LogP contribution in [0.15, 0.2) is 0 Å². The molecule has 0 spiro atoms. The molecule has 4 aliphatic rings. The molecular formula is C31H56O4. The van der Waals surface area contributed by atoms with Crippen molar-refractivity contribution in [2.24, 2.45) is 45.3 Å². The molecule has 3 N–H and O–H groups in total. The van der Waals surface area contributed by atoms with Crippen LogP contribution in [0, 0.1) is 45.3 Å². The third-order valence-corrected chi connectivity index (χ3v) is 13.1. The molecule has 10 atom stereocenters. The Morgan fingerprint density at radius 3 is 2.06 bits per heavy atom. The molecular weight excluding hydrogens is 436 g/mol. The summed E-state index contributed by atoms with van der Waals surface area (Å²) < 4.78 is 6.27. The van der Waals surface area contributed by atoms with Gasteiger partial charge in [-0.2, -0.15) is 0 Å². The summed E-state index contributed by atoms with van der Waals surface area (Å²) in [5.74, 6) is 1.58. The van der Waals surface area contributed by atoms with Crippen molar-refractivity contribution in [1.82, 2.24) is 0 Å². The average molecular weight is 493 g/mol. The van der Waals surface area contributed by atoms with Gasteiger partial charge in [-0.25, -0.2) is 0 Å². The minimum Gasteiger partial charge on any atom is -0.393 e. The van der Waals surface area contributed by atoms with Gasteiger partial charge in [0.1, 0.15) is 0 Å². The molecule has 4 fully saturated rings. The van der Waals surface area contributed by atoms with E-state index in [0.717, 1.165) is 51.4 Å². The molecule has 0 unspecified atom stereocenters. The van der Waals surface area contributed by atoms with Crippen LogP contribution in [0.4, 0.5) is 0 Å². The number of ether oxygens (including phenoxy) is 1. The van der Waals surface area contributed by atoms with Gasteiger partial charge in [0.05, 0.1) is 23.4 Å². The first-order valence-corrected chi connectivity index (χ1v) is 14.6. The van der Waals surface area contributed by atoms with Gasteiger partial charge in [0.25, 0.3) is 0 Å². The molecule has 4 nitrogen and oxygen atoms in total. The van der Waals surface area contributed by atoms with E-state index in [-0.39, 0.29) is 45.4 Å². The Labute approximate surface area is 215 Å². The largest absolute Gasteiger partial charge is 0.393 e. The maximum atomic E-state index is 11.9. The Hall–Kier alpha value is -0.160. The van der Waals surface area contributed by atoms with E-state index in [1.165, 1.54) is 12.8 Å². The van der Waals surface area contributed by atoms with Gasteiger partial charge in [-0.15, -0.1) is 0 Å². The van der Waals surface area contributed by atoms with E-state index >= 15 is 0 Å². The summed E-state index contributed by atoms with van der Waals surface area (Å²) in [6.07, 6.45) is 9.59. The van der Waals surface area contributed by atoms with Gasteiger partial charge >= 0.3 is 0 Å². The van der Waals surface area contributed by atoms with Crippen LogP contribution in [0.3, 0.4) is 0 Å². The van der Waals surface area contributed by atoms with E-state index in [0.29, 0.717) is 17.8 Å². The van der Waals surface area contributed by atoms with Gasteiger partial charge in [0.2, 0.25) is 0 Å². The zero-order valence-corrected chi connectivity index (χ0v) is 24.3. The molecule has 4 aliphatic carbocycles. The summed E-state index contributed by atoms with van der Waals surface area (Å²) in [5.41, 5.74) is -0.555. The summed E-state index contributed by atoms with van der Waals surface area (Å²) in [4.78, 5) is 0. The third-order valence-electron chi connectivity index (χ3n) is 13.1. The number of methoxy groups -OCH3 is 1. The van der Waals surface area contributed by atoms with Gasteiger partial charge in [0, 0.05) is 7.11 Å². The quantitative estimate of drug-likeness (QED) is 0.404. The number of aliphatic hydroxyl groups is 3. The molecule has 204 valence electrons. The molecule has 4 heteroatoms. The normalized spacial score (nSPS) is 49.0. The lowest BCUT2D eigenvalue weighted by Crippen LogP contribution is -2.66. The summed E-state index contributed by atoms with van der Waals surface area (Å²) >= 11 is 0. The highest BCUT2D eigenvalue weighted by molar-refractivity contribution is 5.20. The van der Waals surface area contributed by atoms with Gasteiger partial charge in [-0.1, -0.05) is 34.6 Å². The van der Waals surface area contributed by atoms with E-state index in [2.05, 4.69) is 41.5 Å². The second-order valence-electron chi connectivity index (χ2n) is 15.5. The third kappa shape index (κ3) is 4.07. The minimum atomic E-state index is -0.653. The summed E-state index contributed by atoms with van der Waals surface area (Å²) in [6.45, 7) is 18.2. The number of aliphatic hydroxyl groups excluding tert-OH is 2. The monoisotopic (exact) mass is 492 g/mol. The SMILES string of the molecule is CO[C@@](C)(CCCC(C)(C)O)[C@H]1CC[C@]2(C)[C@@H]1[C@H](O)C[C@@H]1[C@@]3(C)CC[C@H](O)C(C)(C)[C@@H]3CC[C@]12C. The highest BCUT2D eigenvalue weighted by atomic mass is 16.5. The average Bonchev–Trinajstić information content (AvgIpc) is 3.12. The van der Waals surface area contributed by atoms with Crippen LogP contribution in [-0.4, -0.2) is 45.8 Å². The van der Waals surface area contributed by atoms with Crippen molar-refractivity contribution in [2.75, 3.05) is 7.11 Å². The first-order chi connectivity index (χ1) is 16.0. The van der Waals surface area contributed by atoms with Crippen molar-refractivity contribution in [3.05, 3.63) is 0 Å². The summed E-state index contributed by atoms with van der Waals surface area (Å²) in [5, 5.41) is 33.1. The second-order valence-corrected chi connectivity index (χ2v) is 15.5. The minimum absolute atomic E-state index is 0.0651. The molecule has 0 saturated heterocycles. The molecule has 0 radical (unpaired) electrons. The molecule has 4 rings (SSSR count). The van der Waals surface area contributed by atoms with E-state index in [4.69, 9.17) is 4.74 Å². The molecule has 0 heterocycles. The first-order valence-electron chi connectivity index (χ1n) is 14.6. The van der Waals surface area contributed by atoms with Gasteiger partial charge in [-0.05, 0) is 130 Å². The predicted octanol–water partition coefficient (Wildman–Crippen LogP) is 6.35. The highest BCUT2D eigenvalue weighted by Gasteiger charge is 2.71. The Balaban J connectivity index is 1.65. The van der Waals surface area contributed by atoms with Crippen molar-refractivity contribution in [3.8, 4) is 0 Å². The Bertz CT molecular complexity index is 787. The summed E-state index contributed by atoms with van der Waals surface area (Å²) in [7, 11) is 1.85. The molecule has 35 heavy (non-hydrogen) atoms. The molecule has 0 aliphatic heterocycles. The fraction of sp³-hybridized carbons (Fsp3) is 1.00. The predicted molar refractivity (Wildman–Crippen MR) is 142 cm³/mol. The maximum Gasteiger partial charge on any atom is 0.0682 e. The number of hydrogen-bond donors (Lipinski definition) is 3. The van der Waals surface area contributed by atoms with Gasteiger partial charge in [0.15, 0.2) is 0 Å². The Morgan fingerprint density at radius 1 is 0.829 bits per heavy atom. The first kappa shape index (κ1) is 27.9. The van der Waals surface area contributed by atoms with Crippen molar-refractivity contribution in [3.63, 3.8) is 0 Å². The van der Waals surface area contributed by atoms with Crippen LogP contribution in [0.25, 0.3) is 0 Å². The standard InChI is InChI=1S/C31H56O4/c1-26(2,34)14-10-15-31(8,35-9)20-11-17-30(7)25(20)21(32)19-23-28(5)16-13-24(33)27(3,4)22(28)12-18-29(23,30)6/h20-25,32-34H,10-19H2,1-9H3/t20-,21+,22-,23+,24-,25-,28-,29+,30+,31-/m0/s1. The number of rotatable bonds is 6. The Morgan fingerprint density at radius 2 is 1.46 bits per heavy atom. The molecule has 0 aromatic heterocycles. The van der Waals surface area contributed by atoms with Crippen LogP contribution in [-0.2, 0) is 4.74 Å². The van der Waals surface area contributed by atoms with E-state index in [1.54, 1.807) is 0 Å². The smallest absolute Gasteiger partial charge is 0.0682 e.